The summed E-state index contributed by atoms with van der Waals surface area (Å²) in [7, 11) is -2.83. The van der Waals surface area contributed by atoms with Crippen LogP contribution in [-0.2, 0) is 23.2 Å². The molecule has 0 aliphatic heterocycles. The Morgan fingerprint density at radius 3 is 2.25 bits per heavy atom. The van der Waals surface area contributed by atoms with Crippen LogP contribution in [-0.4, -0.2) is 31.0 Å². The predicted octanol–water partition coefficient (Wildman–Crippen LogP) is 3.51. The fourth-order valence-corrected chi connectivity index (χ4v) is 4.26. The number of halogens is 5. The van der Waals surface area contributed by atoms with Crippen molar-refractivity contribution in [1.82, 2.24) is 14.3 Å². The fraction of sp³-hybridized carbons (Fsp3) is 0.158. The van der Waals surface area contributed by atoms with E-state index in [4.69, 9.17) is 4.74 Å². The lowest BCUT2D eigenvalue weighted by Crippen LogP contribution is -2.32. The molecule has 170 valence electrons. The van der Waals surface area contributed by atoms with Gasteiger partial charge in [-0.3, -0.25) is 4.79 Å². The molecular formula is C19H14F5N3O4S. The van der Waals surface area contributed by atoms with Crippen LogP contribution in [0.2, 0.25) is 0 Å². The molecule has 0 aliphatic carbocycles. The molecule has 2 aromatic carbocycles. The lowest BCUT2D eigenvalue weighted by atomic mass is 10.2. The Morgan fingerprint density at radius 2 is 1.69 bits per heavy atom. The van der Waals surface area contributed by atoms with E-state index in [0.717, 1.165) is 48.2 Å². The van der Waals surface area contributed by atoms with Crippen molar-refractivity contribution in [3.8, 4) is 17.1 Å². The number of sulfonamides is 1. The van der Waals surface area contributed by atoms with Gasteiger partial charge >= 0.3 is 6.18 Å². The van der Waals surface area contributed by atoms with E-state index in [1.54, 1.807) is 0 Å². The molecule has 0 spiro atoms. The number of alkyl halides is 3. The van der Waals surface area contributed by atoms with E-state index in [0.29, 0.717) is 6.07 Å². The molecule has 0 bridgehead atoms. The molecule has 3 aromatic rings. The molecule has 0 unspecified atom stereocenters. The molecule has 1 aromatic heterocycles. The number of carbonyl (C=O) groups is 1. The highest BCUT2D eigenvalue weighted by Gasteiger charge is 2.40. The summed E-state index contributed by atoms with van der Waals surface area (Å²) < 4.78 is 101. The number of aryl methyl sites for hydroxylation is 1. The van der Waals surface area contributed by atoms with Crippen molar-refractivity contribution in [2.75, 3.05) is 7.11 Å². The minimum Gasteiger partial charge on any atom is -0.495 e. The molecule has 1 amide bonds. The zero-order chi connectivity index (χ0) is 23.8. The van der Waals surface area contributed by atoms with Gasteiger partial charge in [0.25, 0.3) is 15.9 Å². The third-order valence-electron chi connectivity index (χ3n) is 4.30. The van der Waals surface area contributed by atoms with Crippen LogP contribution in [0.25, 0.3) is 11.4 Å². The Kier molecular flexibility index (Phi) is 5.96. The standard InChI is InChI=1S/C19H14F5N3O4S/c1-27-9-13(25-17(27)15-11(20)6-4-7-12(15)21)18(28)26-32(29,30)16-10(19(22,23)24)5-3-8-14(16)31-2/h3-9H,1-2H3,(H,26,28). The zero-order valence-electron chi connectivity index (χ0n) is 16.4. The number of nitrogens with zero attached hydrogens (tertiary/aromatic N) is 2. The molecular weight excluding hydrogens is 461 g/mol. The van der Waals surface area contributed by atoms with E-state index < -0.39 is 61.2 Å². The minimum atomic E-state index is -5.09. The summed E-state index contributed by atoms with van der Waals surface area (Å²) in [5.74, 6) is -4.36. The maximum atomic E-state index is 14.0. The van der Waals surface area contributed by atoms with E-state index in [9.17, 15) is 35.2 Å². The van der Waals surface area contributed by atoms with Crippen LogP contribution in [0.15, 0.2) is 47.5 Å². The highest BCUT2D eigenvalue weighted by Crippen LogP contribution is 2.38. The third kappa shape index (κ3) is 4.28. The monoisotopic (exact) mass is 475 g/mol. The second kappa shape index (κ2) is 8.22. The van der Waals surface area contributed by atoms with Crippen LogP contribution in [0.5, 0.6) is 5.75 Å². The van der Waals surface area contributed by atoms with Crippen molar-refractivity contribution in [2.24, 2.45) is 7.05 Å². The number of methoxy groups -OCH3 is 1. The van der Waals surface area contributed by atoms with Crippen LogP contribution in [0, 0.1) is 11.6 Å². The Bertz CT molecular complexity index is 1280. The minimum absolute atomic E-state index is 0.337. The first-order valence-corrected chi connectivity index (χ1v) is 10.1. The summed E-state index contributed by atoms with van der Waals surface area (Å²) in [5.41, 5.74) is -2.72. The summed E-state index contributed by atoms with van der Waals surface area (Å²) in [5, 5.41) is 0. The average molecular weight is 475 g/mol. The van der Waals surface area contributed by atoms with Crippen LogP contribution < -0.4 is 9.46 Å². The average Bonchev–Trinajstić information content (AvgIpc) is 3.08. The van der Waals surface area contributed by atoms with Gasteiger partial charge in [-0.2, -0.15) is 13.2 Å². The SMILES string of the molecule is COc1cccc(C(F)(F)F)c1S(=O)(=O)NC(=O)c1cn(C)c(-c2c(F)cccc2F)n1. The van der Waals surface area contributed by atoms with Crippen molar-refractivity contribution < 1.29 is 39.9 Å². The number of ether oxygens (including phenoxy) is 1. The predicted molar refractivity (Wildman–Crippen MR) is 101 cm³/mol. The van der Waals surface area contributed by atoms with Crippen LogP contribution in [0.1, 0.15) is 16.1 Å². The van der Waals surface area contributed by atoms with Gasteiger partial charge in [0.1, 0.15) is 33.8 Å². The normalized spacial score (nSPS) is 12.0. The van der Waals surface area contributed by atoms with Gasteiger partial charge in [0.2, 0.25) is 0 Å². The summed E-state index contributed by atoms with van der Waals surface area (Å²) >= 11 is 0. The number of imidazole rings is 1. The largest absolute Gasteiger partial charge is 0.495 e. The van der Waals surface area contributed by atoms with Gasteiger partial charge in [-0.05, 0) is 24.3 Å². The summed E-state index contributed by atoms with van der Waals surface area (Å²) in [6.45, 7) is 0. The number of aromatic nitrogens is 2. The number of nitrogens with one attached hydrogen (secondary N) is 1. The first kappa shape index (κ1) is 23.2. The van der Waals surface area contributed by atoms with Crippen LogP contribution in [0.4, 0.5) is 22.0 Å². The fourth-order valence-electron chi connectivity index (χ4n) is 2.92. The first-order valence-electron chi connectivity index (χ1n) is 8.66. The molecule has 1 N–H and O–H groups in total. The van der Waals surface area contributed by atoms with Gasteiger partial charge in [-0.25, -0.2) is 26.9 Å². The molecule has 0 aliphatic rings. The molecule has 7 nitrogen and oxygen atoms in total. The van der Waals surface area contributed by atoms with Crippen molar-refractivity contribution in [3.05, 3.63) is 65.5 Å². The maximum Gasteiger partial charge on any atom is 0.417 e. The number of hydrogen-bond acceptors (Lipinski definition) is 5. The molecule has 32 heavy (non-hydrogen) atoms. The third-order valence-corrected chi connectivity index (χ3v) is 5.71. The highest BCUT2D eigenvalue weighted by atomic mass is 32.2. The Morgan fingerprint density at radius 1 is 1.09 bits per heavy atom. The van der Waals surface area contributed by atoms with Crippen molar-refractivity contribution in [3.63, 3.8) is 0 Å². The first-order chi connectivity index (χ1) is 14.9. The lowest BCUT2D eigenvalue weighted by molar-refractivity contribution is -0.140. The summed E-state index contributed by atoms with van der Waals surface area (Å²) in [4.78, 5) is 14.9. The van der Waals surface area contributed by atoms with Gasteiger partial charge in [0.15, 0.2) is 0 Å². The van der Waals surface area contributed by atoms with Crippen LogP contribution in [0.3, 0.4) is 0 Å². The van der Waals surface area contributed by atoms with Gasteiger partial charge in [-0.15, -0.1) is 0 Å². The van der Waals surface area contributed by atoms with Crippen molar-refractivity contribution >= 4 is 15.9 Å². The van der Waals surface area contributed by atoms with Crippen LogP contribution >= 0.6 is 0 Å². The number of rotatable bonds is 5. The Labute approximate surface area is 178 Å². The second-order valence-electron chi connectivity index (χ2n) is 6.43. The van der Waals surface area contributed by atoms with Gasteiger partial charge in [0, 0.05) is 13.2 Å². The van der Waals surface area contributed by atoms with Crippen molar-refractivity contribution in [1.29, 1.82) is 0 Å². The number of benzene rings is 2. The topological polar surface area (TPSA) is 90.3 Å². The quantitative estimate of drug-likeness (QED) is 0.571. The molecule has 0 saturated heterocycles. The summed E-state index contributed by atoms with van der Waals surface area (Å²) in [6.07, 6.45) is -4.10. The smallest absolute Gasteiger partial charge is 0.417 e. The number of hydrogen-bond donors (Lipinski definition) is 1. The summed E-state index contributed by atoms with van der Waals surface area (Å²) in [6, 6.07) is 5.46. The van der Waals surface area contributed by atoms with E-state index in [1.807, 2.05) is 0 Å². The zero-order valence-corrected chi connectivity index (χ0v) is 17.2. The highest BCUT2D eigenvalue weighted by molar-refractivity contribution is 7.90. The van der Waals surface area contributed by atoms with Gasteiger partial charge in [-0.1, -0.05) is 12.1 Å². The van der Waals surface area contributed by atoms with Crippen molar-refractivity contribution in [2.45, 2.75) is 11.1 Å². The van der Waals surface area contributed by atoms with E-state index in [-0.39, 0.29) is 5.82 Å². The lowest BCUT2D eigenvalue weighted by Gasteiger charge is -2.16. The van der Waals surface area contributed by atoms with E-state index in [1.165, 1.54) is 11.8 Å². The number of carbonyl (C=O) groups excluding carboxylic acids is 1. The molecule has 0 fully saturated rings. The molecule has 0 saturated carbocycles. The molecule has 1 heterocycles. The molecule has 0 radical (unpaired) electrons. The Balaban J connectivity index is 2.02. The second-order valence-corrected chi connectivity index (χ2v) is 8.05. The van der Waals surface area contributed by atoms with Gasteiger partial charge < -0.3 is 9.30 Å². The molecule has 13 heteroatoms. The molecule has 3 rings (SSSR count). The van der Waals surface area contributed by atoms with Gasteiger partial charge in [0.05, 0.1) is 18.2 Å². The number of amides is 1. The van der Waals surface area contributed by atoms with E-state index in [2.05, 4.69) is 4.98 Å². The maximum absolute atomic E-state index is 14.0. The molecule has 0 atom stereocenters. The Hall–Kier alpha value is -3.48. The van der Waals surface area contributed by atoms with E-state index >= 15 is 0 Å².